The van der Waals surface area contributed by atoms with Crippen LogP contribution in [0.3, 0.4) is 0 Å². The third-order valence-corrected chi connectivity index (χ3v) is 4.58. The van der Waals surface area contributed by atoms with E-state index in [9.17, 15) is 9.59 Å². The smallest absolute Gasteiger partial charge is 0.321 e. The van der Waals surface area contributed by atoms with E-state index in [1.54, 1.807) is 7.11 Å². The molecule has 0 unspecified atom stereocenters. The van der Waals surface area contributed by atoms with Gasteiger partial charge in [0.25, 0.3) is 0 Å². The second-order valence-electron chi connectivity index (χ2n) is 5.58. The van der Waals surface area contributed by atoms with Gasteiger partial charge in [-0.2, -0.15) is 0 Å². The molecule has 0 radical (unpaired) electrons. The van der Waals surface area contributed by atoms with Crippen molar-refractivity contribution in [3.63, 3.8) is 0 Å². The van der Waals surface area contributed by atoms with Crippen molar-refractivity contribution >= 4 is 22.7 Å². The highest BCUT2D eigenvalue weighted by Crippen LogP contribution is 2.44. The predicted octanol–water partition coefficient (Wildman–Crippen LogP) is 2.58. The first-order chi connectivity index (χ1) is 10.2. The zero-order valence-corrected chi connectivity index (χ0v) is 11.6. The van der Waals surface area contributed by atoms with Crippen molar-refractivity contribution in [3.05, 3.63) is 41.5 Å². The van der Waals surface area contributed by atoms with E-state index in [4.69, 9.17) is 9.47 Å². The summed E-state index contributed by atoms with van der Waals surface area (Å²) in [6.07, 6.45) is 1.47. The first-order valence-corrected chi connectivity index (χ1v) is 7.04. The predicted molar refractivity (Wildman–Crippen MR) is 76.2 cm³/mol. The van der Waals surface area contributed by atoms with Gasteiger partial charge < -0.3 is 9.47 Å². The lowest BCUT2D eigenvalue weighted by Gasteiger charge is -2.25. The molecule has 4 rings (SSSR count). The second-order valence-corrected chi connectivity index (χ2v) is 5.58. The fraction of sp³-hybridized carbons (Fsp3) is 0.294. The Hall–Kier alpha value is -2.36. The lowest BCUT2D eigenvalue weighted by Crippen LogP contribution is -2.23. The van der Waals surface area contributed by atoms with Crippen LogP contribution in [-0.2, 0) is 20.7 Å². The molecule has 0 saturated carbocycles. The molecule has 1 heterocycles. The number of esters is 2. The summed E-state index contributed by atoms with van der Waals surface area (Å²) in [5.74, 6) is -0.690. The van der Waals surface area contributed by atoms with E-state index in [1.807, 2.05) is 30.3 Å². The molecule has 1 saturated heterocycles. The van der Waals surface area contributed by atoms with E-state index in [0.717, 1.165) is 34.1 Å². The third kappa shape index (κ3) is 1.68. The number of carbonyl (C=O) groups excluding carboxylic acids is 2. The van der Waals surface area contributed by atoms with Gasteiger partial charge in [-0.15, -0.1) is 0 Å². The van der Waals surface area contributed by atoms with E-state index in [-0.39, 0.29) is 11.9 Å². The number of rotatable bonds is 1. The van der Waals surface area contributed by atoms with Crippen molar-refractivity contribution in [2.45, 2.75) is 18.8 Å². The molecule has 0 amide bonds. The van der Waals surface area contributed by atoms with Gasteiger partial charge in [0.1, 0.15) is 5.75 Å². The van der Waals surface area contributed by atoms with E-state index >= 15 is 0 Å². The van der Waals surface area contributed by atoms with Gasteiger partial charge in [0.2, 0.25) is 0 Å². The van der Waals surface area contributed by atoms with Crippen molar-refractivity contribution in [3.8, 4) is 5.75 Å². The number of methoxy groups -OCH3 is 1. The molecule has 1 aliphatic carbocycles. The van der Waals surface area contributed by atoms with Crippen LogP contribution >= 0.6 is 0 Å². The molecule has 0 bridgehead atoms. The number of fused-ring (bicyclic) bond motifs is 5. The summed E-state index contributed by atoms with van der Waals surface area (Å²) in [6.45, 7) is 0. The minimum absolute atomic E-state index is 0.305. The fourth-order valence-corrected chi connectivity index (χ4v) is 3.55. The summed E-state index contributed by atoms with van der Waals surface area (Å²) in [5.41, 5.74) is 2.10. The standard InChI is InChI=1S/C17H14O4/c1-20-10-3-5-11-9(8-10)2-4-13-12(11)6-7-14-15(13)17(19)21-16(14)18/h2-5,8,14-15H,6-7H2,1H3/t14-,15+/m0/s1. The normalized spacial score (nSPS) is 23.7. The van der Waals surface area contributed by atoms with Crippen LogP contribution < -0.4 is 4.74 Å². The molecular weight excluding hydrogens is 268 g/mol. The number of ether oxygens (including phenoxy) is 2. The maximum atomic E-state index is 12.0. The Bertz CT molecular complexity index is 778. The van der Waals surface area contributed by atoms with Crippen molar-refractivity contribution in [2.24, 2.45) is 5.92 Å². The molecule has 106 valence electrons. The van der Waals surface area contributed by atoms with Crippen molar-refractivity contribution < 1.29 is 19.1 Å². The lowest BCUT2D eigenvalue weighted by molar-refractivity contribution is -0.153. The Labute approximate surface area is 121 Å². The zero-order valence-electron chi connectivity index (χ0n) is 11.6. The van der Waals surface area contributed by atoms with Crippen molar-refractivity contribution in [1.29, 1.82) is 0 Å². The molecule has 1 aliphatic heterocycles. The Morgan fingerprint density at radius 2 is 2.00 bits per heavy atom. The van der Waals surface area contributed by atoms with Gasteiger partial charge >= 0.3 is 11.9 Å². The number of cyclic esters (lactones) is 2. The van der Waals surface area contributed by atoms with Crippen LogP contribution in [0.15, 0.2) is 30.3 Å². The fourth-order valence-electron chi connectivity index (χ4n) is 3.55. The van der Waals surface area contributed by atoms with Crippen LogP contribution in [0.2, 0.25) is 0 Å². The minimum Gasteiger partial charge on any atom is -0.497 e. The van der Waals surface area contributed by atoms with E-state index in [1.165, 1.54) is 0 Å². The number of benzene rings is 2. The molecule has 0 N–H and O–H groups in total. The highest BCUT2D eigenvalue weighted by Gasteiger charge is 2.47. The molecule has 2 aromatic carbocycles. The Balaban J connectivity index is 1.92. The molecule has 0 spiro atoms. The van der Waals surface area contributed by atoms with Crippen LogP contribution in [-0.4, -0.2) is 19.0 Å². The van der Waals surface area contributed by atoms with Crippen LogP contribution in [0.5, 0.6) is 5.75 Å². The number of hydrogen-bond donors (Lipinski definition) is 0. The minimum atomic E-state index is -0.423. The summed E-state index contributed by atoms with van der Waals surface area (Å²) in [5, 5.41) is 2.21. The third-order valence-electron chi connectivity index (χ3n) is 4.58. The Morgan fingerprint density at radius 1 is 1.14 bits per heavy atom. The number of hydrogen-bond acceptors (Lipinski definition) is 4. The number of carbonyl (C=O) groups is 2. The molecule has 2 aromatic rings. The highest BCUT2D eigenvalue weighted by molar-refractivity contribution is 6.01. The van der Waals surface area contributed by atoms with Gasteiger partial charge in [-0.05, 0) is 46.9 Å². The monoisotopic (exact) mass is 282 g/mol. The summed E-state index contributed by atoms with van der Waals surface area (Å²) in [6, 6.07) is 9.87. The van der Waals surface area contributed by atoms with E-state index < -0.39 is 11.9 Å². The van der Waals surface area contributed by atoms with Gasteiger partial charge in [-0.25, -0.2) is 0 Å². The first-order valence-electron chi connectivity index (χ1n) is 7.04. The largest absolute Gasteiger partial charge is 0.497 e. The van der Waals surface area contributed by atoms with Gasteiger partial charge in [0.15, 0.2) is 0 Å². The maximum absolute atomic E-state index is 12.0. The average Bonchev–Trinajstić information content (AvgIpc) is 2.81. The van der Waals surface area contributed by atoms with Crippen LogP contribution in [0.4, 0.5) is 0 Å². The summed E-state index contributed by atoms with van der Waals surface area (Å²) in [4.78, 5) is 23.7. The first kappa shape index (κ1) is 12.4. The van der Waals surface area contributed by atoms with Crippen LogP contribution in [0, 0.1) is 5.92 Å². The Kier molecular flexibility index (Phi) is 2.55. The second kappa shape index (κ2) is 4.32. The molecule has 0 aromatic heterocycles. The van der Waals surface area contributed by atoms with Gasteiger partial charge in [0.05, 0.1) is 18.9 Å². The summed E-state index contributed by atoms with van der Waals surface area (Å²) >= 11 is 0. The van der Waals surface area contributed by atoms with Gasteiger partial charge in [-0.1, -0.05) is 18.2 Å². The zero-order chi connectivity index (χ0) is 14.6. The lowest BCUT2D eigenvalue weighted by atomic mass is 9.75. The molecule has 1 fully saturated rings. The van der Waals surface area contributed by atoms with Crippen molar-refractivity contribution in [1.82, 2.24) is 0 Å². The van der Waals surface area contributed by atoms with Crippen LogP contribution in [0.25, 0.3) is 10.8 Å². The highest BCUT2D eigenvalue weighted by atomic mass is 16.6. The van der Waals surface area contributed by atoms with Crippen LogP contribution in [0.1, 0.15) is 23.5 Å². The summed E-state index contributed by atoms with van der Waals surface area (Å²) < 4.78 is 10.1. The molecule has 2 aliphatic rings. The van der Waals surface area contributed by atoms with Crippen molar-refractivity contribution in [2.75, 3.05) is 7.11 Å². The van der Waals surface area contributed by atoms with E-state index in [2.05, 4.69) is 0 Å². The molecule has 21 heavy (non-hydrogen) atoms. The maximum Gasteiger partial charge on any atom is 0.321 e. The summed E-state index contributed by atoms with van der Waals surface area (Å²) in [7, 11) is 1.64. The SMILES string of the molecule is COc1ccc2c3c(ccc2c1)[C@H]1C(=O)OC(=O)[C@H]1CC3. The quantitative estimate of drug-likeness (QED) is 0.596. The molecule has 2 atom stereocenters. The molecular formula is C17H14O4. The molecule has 4 nitrogen and oxygen atoms in total. The average molecular weight is 282 g/mol. The topological polar surface area (TPSA) is 52.6 Å². The van der Waals surface area contributed by atoms with Gasteiger partial charge in [-0.3, -0.25) is 9.59 Å². The number of aryl methyl sites for hydroxylation is 1. The van der Waals surface area contributed by atoms with E-state index in [0.29, 0.717) is 6.42 Å². The van der Waals surface area contributed by atoms with Gasteiger partial charge in [0, 0.05) is 0 Å². The molecule has 4 heteroatoms. The Morgan fingerprint density at radius 3 is 2.81 bits per heavy atom.